The highest BCUT2D eigenvalue weighted by Gasteiger charge is 2.03. The molecule has 0 fully saturated rings. The molecular weight excluding hydrogens is 220 g/mol. The number of unbranched alkanes of at least 4 members (excludes halogenated alkanes) is 2. The van der Waals surface area contributed by atoms with E-state index in [1.807, 2.05) is 0 Å². The fraction of sp³-hybridized carbons (Fsp3) is 1.00. The molecule has 1 atom stereocenters. The van der Waals surface area contributed by atoms with E-state index in [0.717, 1.165) is 32.3 Å². The Morgan fingerprint density at radius 2 is 1.24 bits per heavy atom. The van der Waals surface area contributed by atoms with E-state index in [-0.39, 0.29) is 0 Å². The summed E-state index contributed by atoms with van der Waals surface area (Å²) in [6.07, 6.45) is 3.87. The highest BCUT2D eigenvalue weighted by molar-refractivity contribution is 4.51. The molecule has 0 aromatic carbocycles. The molecule has 0 aliphatic rings. The summed E-state index contributed by atoms with van der Waals surface area (Å²) in [6.45, 7) is 7.57. The average Bonchev–Trinajstić information content (AvgIpc) is 2.33. The minimum Gasteiger partial charge on any atom is -0.388 e. The van der Waals surface area contributed by atoms with Crippen LogP contribution < -0.4 is 0 Å². The topological polar surface area (TPSA) is 47.9 Å². The van der Waals surface area contributed by atoms with E-state index in [4.69, 9.17) is 14.2 Å². The Labute approximate surface area is 105 Å². The first kappa shape index (κ1) is 16.8. The molecule has 0 aliphatic heterocycles. The lowest BCUT2D eigenvalue weighted by atomic mass is 10.3. The second kappa shape index (κ2) is 13.9. The summed E-state index contributed by atoms with van der Waals surface area (Å²) in [5.74, 6) is 0. The van der Waals surface area contributed by atoms with Gasteiger partial charge in [0.05, 0.1) is 26.4 Å². The molecule has 0 aromatic heterocycles. The summed E-state index contributed by atoms with van der Waals surface area (Å²) in [4.78, 5) is 0. The predicted octanol–water partition coefficient (Wildman–Crippen LogP) is 2.00. The zero-order valence-electron chi connectivity index (χ0n) is 11.3. The highest BCUT2D eigenvalue weighted by atomic mass is 16.5. The lowest BCUT2D eigenvalue weighted by Gasteiger charge is -2.11. The molecule has 104 valence electrons. The van der Waals surface area contributed by atoms with Gasteiger partial charge in [0.2, 0.25) is 0 Å². The third-order valence-corrected chi connectivity index (χ3v) is 2.28. The largest absolute Gasteiger partial charge is 0.388 e. The van der Waals surface area contributed by atoms with E-state index in [9.17, 15) is 5.11 Å². The van der Waals surface area contributed by atoms with Gasteiger partial charge < -0.3 is 19.3 Å². The highest BCUT2D eigenvalue weighted by Crippen LogP contribution is 1.93. The van der Waals surface area contributed by atoms with Crippen molar-refractivity contribution in [2.45, 2.75) is 45.6 Å². The van der Waals surface area contributed by atoms with Gasteiger partial charge in [0, 0.05) is 13.2 Å². The molecule has 0 saturated heterocycles. The molecule has 0 spiro atoms. The number of ether oxygens (including phenoxy) is 3. The average molecular weight is 248 g/mol. The molecule has 0 bridgehead atoms. The molecule has 0 aromatic rings. The molecule has 0 radical (unpaired) electrons. The Morgan fingerprint density at radius 3 is 1.82 bits per heavy atom. The van der Waals surface area contributed by atoms with Gasteiger partial charge >= 0.3 is 0 Å². The fourth-order valence-corrected chi connectivity index (χ4v) is 1.20. The van der Waals surface area contributed by atoms with Crippen LogP contribution in [0.5, 0.6) is 0 Å². The summed E-state index contributed by atoms with van der Waals surface area (Å²) >= 11 is 0. The number of aliphatic hydroxyl groups excluding tert-OH is 1. The summed E-state index contributed by atoms with van der Waals surface area (Å²) < 4.78 is 15.9. The van der Waals surface area contributed by atoms with E-state index in [1.165, 1.54) is 0 Å². The van der Waals surface area contributed by atoms with Crippen molar-refractivity contribution in [3.63, 3.8) is 0 Å². The van der Waals surface area contributed by atoms with Crippen LogP contribution in [0.25, 0.3) is 0 Å². The van der Waals surface area contributed by atoms with Crippen LogP contribution in [0.15, 0.2) is 0 Å². The Bertz CT molecular complexity index is 141. The number of aliphatic hydroxyl groups is 1. The van der Waals surface area contributed by atoms with Crippen molar-refractivity contribution in [3.05, 3.63) is 0 Å². The lowest BCUT2D eigenvalue weighted by Crippen LogP contribution is -2.23. The Morgan fingerprint density at radius 1 is 0.765 bits per heavy atom. The Balaban J connectivity index is 3.08. The van der Waals surface area contributed by atoms with Crippen molar-refractivity contribution in [1.29, 1.82) is 0 Å². The first-order chi connectivity index (χ1) is 8.31. The molecule has 0 amide bonds. The number of hydrogen-bond donors (Lipinski definition) is 1. The maximum absolute atomic E-state index is 9.50. The van der Waals surface area contributed by atoms with E-state index >= 15 is 0 Å². The van der Waals surface area contributed by atoms with Gasteiger partial charge in [0.15, 0.2) is 0 Å². The van der Waals surface area contributed by atoms with Crippen molar-refractivity contribution in [2.24, 2.45) is 0 Å². The van der Waals surface area contributed by atoms with Gasteiger partial charge in [0.25, 0.3) is 0 Å². The predicted molar refractivity (Wildman–Crippen MR) is 68.3 cm³/mol. The molecule has 0 heterocycles. The van der Waals surface area contributed by atoms with E-state index < -0.39 is 6.10 Å². The third kappa shape index (κ3) is 13.8. The van der Waals surface area contributed by atoms with Crippen LogP contribution in [0.4, 0.5) is 0 Å². The lowest BCUT2D eigenvalue weighted by molar-refractivity contribution is -0.0324. The maximum Gasteiger partial charge on any atom is 0.101 e. The van der Waals surface area contributed by atoms with E-state index in [2.05, 4.69) is 13.8 Å². The van der Waals surface area contributed by atoms with Crippen LogP contribution in [0, 0.1) is 0 Å². The first-order valence-corrected chi connectivity index (χ1v) is 6.72. The van der Waals surface area contributed by atoms with Crippen LogP contribution in [-0.2, 0) is 14.2 Å². The summed E-state index contributed by atoms with van der Waals surface area (Å²) in [6, 6.07) is 0. The normalized spacial score (nSPS) is 12.9. The zero-order valence-corrected chi connectivity index (χ0v) is 11.3. The molecule has 0 rings (SSSR count). The molecule has 0 aliphatic carbocycles. The minimum atomic E-state index is -0.525. The smallest absolute Gasteiger partial charge is 0.101 e. The van der Waals surface area contributed by atoms with Crippen molar-refractivity contribution in [1.82, 2.24) is 0 Å². The Kier molecular flexibility index (Phi) is 13.8. The van der Waals surface area contributed by atoms with Gasteiger partial charge in [0.1, 0.15) is 6.10 Å². The van der Waals surface area contributed by atoms with E-state index in [1.54, 1.807) is 0 Å². The Hall–Kier alpha value is -0.160. The van der Waals surface area contributed by atoms with Gasteiger partial charge in [-0.3, -0.25) is 0 Å². The van der Waals surface area contributed by atoms with Gasteiger partial charge in [-0.25, -0.2) is 0 Å². The third-order valence-electron chi connectivity index (χ3n) is 2.28. The van der Waals surface area contributed by atoms with Gasteiger partial charge in [-0.2, -0.15) is 0 Å². The van der Waals surface area contributed by atoms with Crippen molar-refractivity contribution in [3.8, 4) is 0 Å². The quantitative estimate of drug-likeness (QED) is 0.506. The van der Waals surface area contributed by atoms with Gasteiger partial charge in [-0.05, 0) is 12.8 Å². The van der Waals surface area contributed by atoms with E-state index in [0.29, 0.717) is 33.0 Å². The second-order valence-electron chi connectivity index (χ2n) is 4.12. The minimum absolute atomic E-state index is 0.323. The molecule has 0 unspecified atom stereocenters. The van der Waals surface area contributed by atoms with Crippen LogP contribution >= 0.6 is 0 Å². The first-order valence-electron chi connectivity index (χ1n) is 6.72. The summed E-state index contributed by atoms with van der Waals surface area (Å²) in [5.41, 5.74) is 0. The van der Waals surface area contributed by atoms with Crippen molar-refractivity contribution >= 4 is 0 Å². The molecule has 4 heteroatoms. The second-order valence-corrected chi connectivity index (χ2v) is 4.12. The SMILES string of the molecule is CCCCOCCOC[C@@H](O)COCCCC. The summed E-state index contributed by atoms with van der Waals surface area (Å²) in [5, 5.41) is 9.50. The monoisotopic (exact) mass is 248 g/mol. The molecule has 17 heavy (non-hydrogen) atoms. The van der Waals surface area contributed by atoms with Crippen LogP contribution in [0.2, 0.25) is 0 Å². The molecule has 4 nitrogen and oxygen atoms in total. The van der Waals surface area contributed by atoms with Gasteiger partial charge in [-0.1, -0.05) is 26.7 Å². The summed E-state index contributed by atoms with van der Waals surface area (Å²) in [7, 11) is 0. The number of rotatable bonds is 13. The van der Waals surface area contributed by atoms with Crippen LogP contribution in [-0.4, -0.2) is 50.9 Å². The molecule has 0 saturated carbocycles. The van der Waals surface area contributed by atoms with Gasteiger partial charge in [-0.15, -0.1) is 0 Å². The fourth-order valence-electron chi connectivity index (χ4n) is 1.20. The maximum atomic E-state index is 9.50. The van der Waals surface area contributed by atoms with Crippen LogP contribution in [0.1, 0.15) is 39.5 Å². The van der Waals surface area contributed by atoms with Crippen LogP contribution in [0.3, 0.4) is 0 Å². The zero-order chi connectivity index (χ0) is 12.8. The number of hydrogen-bond acceptors (Lipinski definition) is 4. The van der Waals surface area contributed by atoms with Crippen molar-refractivity contribution in [2.75, 3.05) is 39.6 Å². The van der Waals surface area contributed by atoms with Crippen molar-refractivity contribution < 1.29 is 19.3 Å². The standard InChI is InChI=1S/C13H28O4/c1-3-5-7-15-9-10-17-12-13(14)11-16-8-6-4-2/h13-14H,3-12H2,1-2H3/t13-/m0/s1. The molecule has 1 N–H and O–H groups in total. The molecular formula is C13H28O4.